The van der Waals surface area contributed by atoms with Crippen molar-refractivity contribution in [1.29, 1.82) is 0 Å². The van der Waals surface area contributed by atoms with E-state index < -0.39 is 0 Å². The van der Waals surface area contributed by atoms with Gasteiger partial charge in [-0.2, -0.15) is 0 Å². The first kappa shape index (κ1) is 23.8. The minimum Gasteiger partial charge on any atom is -0.459 e. The van der Waals surface area contributed by atoms with E-state index in [4.69, 9.17) is 4.74 Å². The van der Waals surface area contributed by atoms with Crippen LogP contribution in [-0.2, 0) is 14.3 Å². The summed E-state index contributed by atoms with van der Waals surface area (Å²) in [6.07, 6.45) is 14.8. The van der Waals surface area contributed by atoms with Gasteiger partial charge >= 0.3 is 5.97 Å². The number of carbonyl (C=O) groups excluding carboxylic acids is 2. The normalized spacial score (nSPS) is 46.7. The van der Waals surface area contributed by atoms with E-state index in [0.717, 1.165) is 64.2 Å². The Morgan fingerprint density at radius 3 is 2.45 bits per heavy atom. The predicted molar refractivity (Wildman–Crippen MR) is 128 cm³/mol. The highest BCUT2D eigenvalue weighted by Crippen LogP contribution is 2.67. The van der Waals surface area contributed by atoms with E-state index in [-0.39, 0.29) is 28.5 Å². The molecule has 0 heterocycles. The summed E-state index contributed by atoms with van der Waals surface area (Å²) in [5, 5.41) is 10.8. The maximum Gasteiger partial charge on any atom is 0.306 e. The second-order valence-electron chi connectivity index (χ2n) is 13.3. The fourth-order valence-corrected chi connectivity index (χ4v) is 9.69. The van der Waals surface area contributed by atoms with Crippen LogP contribution in [0.25, 0.3) is 0 Å². The molecular weight excluding hydrogens is 412 g/mol. The van der Waals surface area contributed by atoms with Gasteiger partial charge in [0.15, 0.2) is 0 Å². The molecule has 5 saturated carbocycles. The highest BCUT2D eigenvalue weighted by molar-refractivity contribution is 5.80. The maximum atomic E-state index is 12.9. The second kappa shape index (κ2) is 8.64. The third-order valence-corrected chi connectivity index (χ3v) is 11.7. The molecule has 0 radical (unpaired) electrons. The Kier molecular flexibility index (Phi) is 6.24. The first-order chi connectivity index (χ1) is 15.7. The molecule has 5 aliphatic rings. The predicted octanol–water partition coefficient (Wildman–Crippen LogP) is 6.23. The average Bonchev–Trinajstić information content (AvgIpc) is 3.07. The monoisotopic (exact) mass is 458 g/mol. The van der Waals surface area contributed by atoms with Crippen LogP contribution in [0, 0.1) is 40.4 Å². The Hall–Kier alpha value is -0.900. The van der Waals surface area contributed by atoms with Gasteiger partial charge < -0.3 is 9.84 Å². The van der Waals surface area contributed by atoms with Gasteiger partial charge in [-0.15, -0.1) is 0 Å². The molecule has 4 heteroatoms. The van der Waals surface area contributed by atoms with Gasteiger partial charge in [0.05, 0.1) is 6.10 Å². The third kappa shape index (κ3) is 4.00. The summed E-state index contributed by atoms with van der Waals surface area (Å²) in [4.78, 5) is 25.7. The molecule has 1 N–H and O–H groups in total. The van der Waals surface area contributed by atoms with Crippen molar-refractivity contribution in [2.45, 2.75) is 129 Å². The minimum atomic E-state index is -0.281. The lowest BCUT2D eigenvalue weighted by atomic mass is 9.42. The zero-order chi connectivity index (χ0) is 23.4. The maximum absolute atomic E-state index is 12.9. The highest BCUT2D eigenvalue weighted by atomic mass is 16.6. The van der Waals surface area contributed by atoms with Crippen molar-refractivity contribution >= 4 is 11.8 Å². The van der Waals surface area contributed by atoms with Crippen molar-refractivity contribution in [3.05, 3.63) is 0 Å². The molecule has 5 fully saturated rings. The van der Waals surface area contributed by atoms with E-state index in [1.54, 1.807) is 0 Å². The van der Waals surface area contributed by atoms with Crippen molar-refractivity contribution in [3.8, 4) is 0 Å². The summed E-state index contributed by atoms with van der Waals surface area (Å²) in [5.74, 6) is 3.03. The van der Waals surface area contributed by atoms with Gasteiger partial charge in [-0.1, -0.05) is 20.3 Å². The molecule has 2 unspecified atom stereocenters. The summed E-state index contributed by atoms with van der Waals surface area (Å²) in [5.41, 5.74) is -0.0540. The molecule has 0 aromatic carbocycles. The molecule has 0 spiro atoms. The number of aliphatic hydroxyl groups excluding tert-OH is 1. The number of Topliss-reactive ketones (excluding diaryl/α,β-unsaturated/α-hetero) is 1. The van der Waals surface area contributed by atoms with Crippen LogP contribution >= 0.6 is 0 Å². The molecule has 8 atom stereocenters. The van der Waals surface area contributed by atoms with Crippen LogP contribution < -0.4 is 0 Å². The summed E-state index contributed by atoms with van der Waals surface area (Å²) in [6.45, 7) is 6.92. The van der Waals surface area contributed by atoms with Crippen LogP contribution in [0.1, 0.15) is 117 Å². The summed E-state index contributed by atoms with van der Waals surface area (Å²) in [6, 6.07) is 0. The molecule has 0 aliphatic heterocycles. The highest BCUT2D eigenvalue weighted by Gasteiger charge is 2.62. The van der Waals surface area contributed by atoms with Crippen molar-refractivity contribution in [2.24, 2.45) is 40.4 Å². The molecule has 33 heavy (non-hydrogen) atoms. The van der Waals surface area contributed by atoms with Gasteiger partial charge in [0, 0.05) is 19.3 Å². The molecule has 5 aliphatic carbocycles. The zero-order valence-corrected chi connectivity index (χ0v) is 21.2. The lowest BCUT2D eigenvalue weighted by Crippen LogP contribution is -2.57. The van der Waals surface area contributed by atoms with Crippen molar-refractivity contribution in [2.75, 3.05) is 0 Å². The topological polar surface area (TPSA) is 63.6 Å². The van der Waals surface area contributed by atoms with Crippen molar-refractivity contribution < 1.29 is 19.4 Å². The standard InChI is InChI=1S/C29H46O4/c1-27(14-5-4-6-15-27)33-26(32)12-8-20-18-21(30)17-19-7-9-22-23-10-11-25(31)28(23,2)16-13-24(22)29(19,20)3/h19-20,22-25,31H,4-18H2,1-3H3/t19?,20?,22-,23-,24-,25-,28-,29+/m0/s1. The quantitative estimate of drug-likeness (QED) is 0.507. The number of hydrogen-bond donors (Lipinski definition) is 1. The molecule has 186 valence electrons. The minimum absolute atomic E-state index is 0.0555. The number of carbonyl (C=O) groups is 2. The molecule has 0 amide bonds. The number of rotatable bonds is 4. The van der Waals surface area contributed by atoms with Gasteiger partial charge in [-0.25, -0.2) is 0 Å². The number of esters is 1. The Bertz CT molecular complexity index is 770. The average molecular weight is 459 g/mol. The van der Waals surface area contributed by atoms with E-state index >= 15 is 0 Å². The fraction of sp³-hybridized carbons (Fsp3) is 0.931. The fourth-order valence-electron chi connectivity index (χ4n) is 9.69. The number of hydrogen-bond acceptors (Lipinski definition) is 4. The largest absolute Gasteiger partial charge is 0.459 e. The van der Waals surface area contributed by atoms with E-state index in [9.17, 15) is 14.7 Å². The van der Waals surface area contributed by atoms with E-state index in [1.165, 1.54) is 19.3 Å². The molecule has 4 nitrogen and oxygen atoms in total. The van der Waals surface area contributed by atoms with Crippen LogP contribution in [0.2, 0.25) is 0 Å². The lowest BCUT2D eigenvalue weighted by Gasteiger charge is -2.62. The Morgan fingerprint density at radius 2 is 1.70 bits per heavy atom. The van der Waals surface area contributed by atoms with Crippen LogP contribution in [0.15, 0.2) is 0 Å². The lowest BCUT2D eigenvalue weighted by molar-refractivity contribution is -0.167. The first-order valence-electron chi connectivity index (χ1n) is 14.1. The molecule has 0 aromatic rings. The van der Waals surface area contributed by atoms with Crippen LogP contribution in [0.4, 0.5) is 0 Å². The number of fused-ring (bicyclic) bond motifs is 5. The molecule has 5 rings (SSSR count). The Morgan fingerprint density at radius 1 is 0.939 bits per heavy atom. The van der Waals surface area contributed by atoms with Gasteiger partial charge in [-0.3, -0.25) is 9.59 Å². The Balaban J connectivity index is 1.31. The molecular formula is C29H46O4. The summed E-state index contributed by atoms with van der Waals surface area (Å²) < 4.78 is 6.00. The van der Waals surface area contributed by atoms with Gasteiger partial charge in [-0.05, 0) is 118 Å². The van der Waals surface area contributed by atoms with Gasteiger partial charge in [0.25, 0.3) is 0 Å². The van der Waals surface area contributed by atoms with Crippen LogP contribution in [0.5, 0.6) is 0 Å². The van der Waals surface area contributed by atoms with E-state index in [2.05, 4.69) is 20.8 Å². The molecule has 0 saturated heterocycles. The molecule has 0 bridgehead atoms. The van der Waals surface area contributed by atoms with Crippen molar-refractivity contribution in [1.82, 2.24) is 0 Å². The smallest absolute Gasteiger partial charge is 0.306 e. The first-order valence-corrected chi connectivity index (χ1v) is 14.1. The molecule has 0 aromatic heterocycles. The number of ketones is 1. The summed E-state index contributed by atoms with van der Waals surface area (Å²) in [7, 11) is 0. The van der Waals surface area contributed by atoms with Gasteiger partial charge in [0.1, 0.15) is 11.4 Å². The second-order valence-corrected chi connectivity index (χ2v) is 13.3. The van der Waals surface area contributed by atoms with E-state index in [0.29, 0.717) is 48.2 Å². The van der Waals surface area contributed by atoms with E-state index in [1.807, 2.05) is 0 Å². The SMILES string of the molecule is CC1(OC(=O)CCC2CC(=O)CC3CC[C@@H]4[C@H](CC[C@]5(C)[C@@H](O)CC[C@@H]45)[C@@]23C)CCCCC1. The zero-order valence-electron chi connectivity index (χ0n) is 21.2. The Labute approximate surface area is 200 Å². The van der Waals surface area contributed by atoms with Gasteiger partial charge in [0.2, 0.25) is 0 Å². The van der Waals surface area contributed by atoms with Crippen LogP contribution in [0.3, 0.4) is 0 Å². The number of aliphatic hydroxyl groups is 1. The number of ether oxygens (including phenoxy) is 1. The third-order valence-electron chi connectivity index (χ3n) is 11.7. The van der Waals surface area contributed by atoms with Crippen LogP contribution in [-0.4, -0.2) is 28.6 Å². The summed E-state index contributed by atoms with van der Waals surface area (Å²) >= 11 is 0. The van der Waals surface area contributed by atoms with Crippen molar-refractivity contribution in [3.63, 3.8) is 0 Å².